The molecule has 0 aliphatic carbocycles. The molecule has 1 unspecified atom stereocenters. The van der Waals surface area contributed by atoms with Crippen LogP contribution in [-0.4, -0.2) is 33.9 Å². The minimum atomic E-state index is -0.555. The second-order valence-electron chi connectivity index (χ2n) is 6.69. The molecular formula is C20H21Cl2N3O3. The highest BCUT2D eigenvalue weighted by Gasteiger charge is 2.32. The predicted molar refractivity (Wildman–Crippen MR) is 110 cm³/mol. The van der Waals surface area contributed by atoms with Gasteiger partial charge in [0, 0.05) is 36.8 Å². The Morgan fingerprint density at radius 1 is 1.14 bits per heavy atom. The van der Waals surface area contributed by atoms with Crippen molar-refractivity contribution < 1.29 is 9.59 Å². The number of nitrogens with one attached hydrogen (secondary N) is 1. The van der Waals surface area contributed by atoms with Crippen molar-refractivity contribution in [3.63, 3.8) is 0 Å². The van der Waals surface area contributed by atoms with Gasteiger partial charge in [-0.15, -0.1) is 0 Å². The Morgan fingerprint density at radius 2 is 1.96 bits per heavy atom. The van der Waals surface area contributed by atoms with Gasteiger partial charge in [-0.05, 0) is 43.5 Å². The molecule has 2 aromatic rings. The van der Waals surface area contributed by atoms with Crippen LogP contribution in [0, 0.1) is 0 Å². The van der Waals surface area contributed by atoms with E-state index in [0.717, 1.165) is 12.8 Å². The van der Waals surface area contributed by atoms with Gasteiger partial charge in [-0.2, -0.15) is 0 Å². The number of anilines is 1. The second-order valence-corrected chi connectivity index (χ2v) is 7.54. The van der Waals surface area contributed by atoms with Crippen molar-refractivity contribution in [3.05, 3.63) is 63.0 Å². The predicted octanol–water partition coefficient (Wildman–Crippen LogP) is 3.57. The lowest BCUT2D eigenvalue weighted by Crippen LogP contribution is -2.50. The maximum absolute atomic E-state index is 12.8. The van der Waals surface area contributed by atoms with Crippen molar-refractivity contribution in [1.82, 2.24) is 9.47 Å². The van der Waals surface area contributed by atoms with Crippen LogP contribution in [0.2, 0.25) is 10.0 Å². The van der Waals surface area contributed by atoms with Crippen molar-refractivity contribution in [2.45, 2.75) is 38.3 Å². The number of pyridine rings is 1. The van der Waals surface area contributed by atoms with E-state index in [0.29, 0.717) is 28.7 Å². The molecule has 3 rings (SSSR count). The summed E-state index contributed by atoms with van der Waals surface area (Å²) in [4.78, 5) is 38.9. The fraction of sp³-hybridized carbons (Fsp3) is 0.350. The molecule has 1 atom stereocenters. The number of hydrogen-bond donors (Lipinski definition) is 1. The van der Waals surface area contributed by atoms with Gasteiger partial charge in [0.25, 0.3) is 5.56 Å². The van der Waals surface area contributed by atoms with Gasteiger partial charge in [-0.25, -0.2) is 0 Å². The van der Waals surface area contributed by atoms with Gasteiger partial charge in [0.1, 0.15) is 6.04 Å². The van der Waals surface area contributed by atoms with Gasteiger partial charge in [0.15, 0.2) is 0 Å². The van der Waals surface area contributed by atoms with E-state index in [1.807, 2.05) is 0 Å². The van der Waals surface area contributed by atoms with Gasteiger partial charge in [0.05, 0.1) is 10.7 Å². The summed E-state index contributed by atoms with van der Waals surface area (Å²) in [5, 5.41) is 3.62. The summed E-state index contributed by atoms with van der Waals surface area (Å²) in [5.74, 6) is -0.410. The fourth-order valence-electron chi connectivity index (χ4n) is 3.31. The van der Waals surface area contributed by atoms with E-state index in [2.05, 4.69) is 5.32 Å². The van der Waals surface area contributed by atoms with Gasteiger partial charge in [0.2, 0.25) is 11.8 Å². The smallest absolute Gasteiger partial charge is 0.250 e. The molecule has 28 heavy (non-hydrogen) atoms. The number of benzene rings is 1. The molecule has 2 amide bonds. The highest BCUT2D eigenvalue weighted by molar-refractivity contribution is 6.36. The van der Waals surface area contributed by atoms with Crippen LogP contribution in [0.5, 0.6) is 0 Å². The summed E-state index contributed by atoms with van der Waals surface area (Å²) >= 11 is 12.0. The highest BCUT2D eigenvalue weighted by atomic mass is 35.5. The summed E-state index contributed by atoms with van der Waals surface area (Å²) < 4.78 is 1.49. The molecule has 0 saturated carbocycles. The number of carbonyl (C=O) groups is 2. The summed E-state index contributed by atoms with van der Waals surface area (Å²) in [6.07, 6.45) is 4.12. The second kappa shape index (κ2) is 9.26. The topological polar surface area (TPSA) is 71.4 Å². The number of piperidine rings is 1. The van der Waals surface area contributed by atoms with E-state index >= 15 is 0 Å². The molecule has 6 nitrogen and oxygen atoms in total. The van der Waals surface area contributed by atoms with Crippen LogP contribution in [0.1, 0.15) is 25.7 Å². The van der Waals surface area contributed by atoms with Crippen molar-refractivity contribution in [3.8, 4) is 0 Å². The summed E-state index contributed by atoms with van der Waals surface area (Å²) in [6.45, 7) is 0.807. The third kappa shape index (κ3) is 4.94. The van der Waals surface area contributed by atoms with E-state index < -0.39 is 6.04 Å². The Labute approximate surface area is 173 Å². The molecule has 1 aromatic carbocycles. The number of aromatic nitrogens is 1. The van der Waals surface area contributed by atoms with Crippen LogP contribution >= 0.6 is 23.2 Å². The van der Waals surface area contributed by atoms with Gasteiger partial charge in [-0.1, -0.05) is 29.3 Å². The molecule has 1 saturated heterocycles. The number of rotatable bonds is 5. The Kier molecular flexibility index (Phi) is 6.75. The number of likely N-dealkylation sites (tertiary alicyclic amines) is 1. The summed E-state index contributed by atoms with van der Waals surface area (Å²) in [7, 11) is 0. The maximum atomic E-state index is 12.8. The Bertz CT molecular complexity index is 929. The van der Waals surface area contributed by atoms with E-state index in [-0.39, 0.29) is 30.3 Å². The number of amides is 2. The third-order valence-corrected chi connectivity index (χ3v) is 5.33. The third-order valence-electron chi connectivity index (χ3n) is 4.78. The van der Waals surface area contributed by atoms with Crippen LogP contribution in [0.25, 0.3) is 0 Å². The van der Waals surface area contributed by atoms with Crippen LogP contribution in [0.4, 0.5) is 5.69 Å². The first kappa shape index (κ1) is 20.4. The van der Waals surface area contributed by atoms with Crippen molar-refractivity contribution in [2.75, 3.05) is 11.9 Å². The Morgan fingerprint density at radius 3 is 2.71 bits per heavy atom. The van der Waals surface area contributed by atoms with Crippen LogP contribution in [0.3, 0.4) is 0 Å². The van der Waals surface area contributed by atoms with Crippen molar-refractivity contribution in [1.29, 1.82) is 0 Å². The van der Waals surface area contributed by atoms with E-state index in [1.165, 1.54) is 10.6 Å². The molecule has 1 N–H and O–H groups in total. The lowest BCUT2D eigenvalue weighted by Gasteiger charge is -2.35. The molecule has 148 valence electrons. The average molecular weight is 422 g/mol. The maximum Gasteiger partial charge on any atom is 0.250 e. The number of aryl methyl sites for hydroxylation is 1. The number of halogens is 2. The first-order valence-corrected chi connectivity index (χ1v) is 9.92. The monoisotopic (exact) mass is 421 g/mol. The minimum absolute atomic E-state index is 0.141. The quantitative estimate of drug-likeness (QED) is 0.801. The molecule has 0 radical (unpaired) electrons. The first-order valence-electron chi connectivity index (χ1n) is 9.16. The van der Waals surface area contributed by atoms with Crippen LogP contribution < -0.4 is 10.9 Å². The van der Waals surface area contributed by atoms with Crippen LogP contribution in [-0.2, 0) is 16.1 Å². The average Bonchev–Trinajstić information content (AvgIpc) is 2.69. The zero-order valence-electron chi connectivity index (χ0n) is 15.2. The van der Waals surface area contributed by atoms with Gasteiger partial charge in [-0.3, -0.25) is 14.4 Å². The molecule has 1 aromatic heterocycles. The number of nitrogens with zero attached hydrogens (tertiary/aromatic N) is 2. The molecule has 2 heterocycles. The first-order chi connectivity index (χ1) is 13.5. The lowest BCUT2D eigenvalue weighted by molar-refractivity contribution is -0.140. The number of hydrogen-bond acceptors (Lipinski definition) is 3. The van der Waals surface area contributed by atoms with E-state index in [1.54, 1.807) is 41.4 Å². The van der Waals surface area contributed by atoms with Crippen molar-refractivity contribution in [2.24, 2.45) is 0 Å². The summed E-state index contributed by atoms with van der Waals surface area (Å²) in [6, 6.07) is 9.15. The summed E-state index contributed by atoms with van der Waals surface area (Å²) in [5.41, 5.74) is 0.311. The molecule has 0 spiro atoms. The molecule has 8 heteroatoms. The van der Waals surface area contributed by atoms with Gasteiger partial charge >= 0.3 is 0 Å². The normalized spacial score (nSPS) is 16.6. The van der Waals surface area contributed by atoms with E-state index in [4.69, 9.17) is 23.2 Å². The zero-order valence-corrected chi connectivity index (χ0v) is 16.7. The Hall–Kier alpha value is -2.31. The number of carbonyl (C=O) groups excluding carboxylic acids is 2. The fourth-order valence-corrected chi connectivity index (χ4v) is 3.77. The molecule has 0 bridgehead atoms. The molecular weight excluding hydrogens is 401 g/mol. The SMILES string of the molecule is O=C(Nc1ccc(Cl)cc1Cl)C1CCCCN1C(=O)CCn1ccccc1=O. The molecule has 1 aliphatic heterocycles. The lowest BCUT2D eigenvalue weighted by atomic mass is 10.0. The minimum Gasteiger partial charge on any atom is -0.331 e. The van der Waals surface area contributed by atoms with Crippen LogP contribution in [0.15, 0.2) is 47.4 Å². The largest absolute Gasteiger partial charge is 0.331 e. The standard InChI is InChI=1S/C20H21Cl2N3O3/c21-14-7-8-16(15(22)13-14)23-20(28)17-5-1-4-11-25(17)19(27)9-12-24-10-3-2-6-18(24)26/h2-3,6-8,10,13,17H,1,4-5,9,11-12H2,(H,23,28). The van der Waals surface area contributed by atoms with Crippen molar-refractivity contribution >= 4 is 40.7 Å². The molecule has 1 fully saturated rings. The van der Waals surface area contributed by atoms with Gasteiger partial charge < -0.3 is 14.8 Å². The Balaban J connectivity index is 1.67. The van der Waals surface area contributed by atoms with E-state index in [9.17, 15) is 14.4 Å². The highest BCUT2D eigenvalue weighted by Crippen LogP contribution is 2.27. The molecule has 1 aliphatic rings. The zero-order chi connectivity index (χ0) is 20.1.